The predicted octanol–water partition coefficient (Wildman–Crippen LogP) is 14.6. The molecule has 0 unspecified atom stereocenters. The maximum Gasteiger partial charge on any atom is 0.306 e. The van der Waals surface area contributed by atoms with Gasteiger partial charge >= 0.3 is 17.9 Å². The summed E-state index contributed by atoms with van der Waals surface area (Å²) >= 11 is 0. The van der Waals surface area contributed by atoms with Gasteiger partial charge in [-0.25, -0.2) is 0 Å². The highest BCUT2D eigenvalue weighted by molar-refractivity contribution is 5.71. The van der Waals surface area contributed by atoms with Gasteiger partial charge in [0, 0.05) is 19.3 Å². The van der Waals surface area contributed by atoms with Crippen LogP contribution in [-0.2, 0) is 28.6 Å². The van der Waals surface area contributed by atoms with E-state index in [4.69, 9.17) is 14.2 Å². The summed E-state index contributed by atoms with van der Waals surface area (Å²) < 4.78 is 16.7. The standard InChI is InChI=1S/C47H90O6/c1-6-7-8-9-10-11-16-24-29-34-39-47(50)53-44(41-52-46(49)38-33-28-23-19-18-21-26-31-36-43(4)5)40-51-45(48)37-32-27-22-17-14-12-13-15-20-25-30-35-42(2)3/h42-44H,6-41H2,1-5H3/t44-/m1/s1. The Bertz CT molecular complexity index is 809. The van der Waals surface area contributed by atoms with Crippen LogP contribution in [0.2, 0.25) is 0 Å². The lowest BCUT2D eigenvalue weighted by Crippen LogP contribution is -2.30. The SMILES string of the molecule is CCCCCCCCCCCCC(=O)O[C@H](COC(=O)CCCCCCCCCCCCCC(C)C)COC(=O)CCCCCCCCCCC(C)C. The maximum absolute atomic E-state index is 12.7. The fourth-order valence-electron chi connectivity index (χ4n) is 6.93. The number of unbranched alkanes of at least 4 members (excludes halogenated alkanes) is 26. The minimum Gasteiger partial charge on any atom is -0.462 e. The molecule has 0 radical (unpaired) electrons. The summed E-state index contributed by atoms with van der Waals surface area (Å²) in [5.74, 6) is 0.765. The van der Waals surface area contributed by atoms with Crippen LogP contribution in [0.1, 0.15) is 253 Å². The van der Waals surface area contributed by atoms with E-state index in [1.807, 2.05) is 0 Å². The van der Waals surface area contributed by atoms with E-state index in [0.29, 0.717) is 19.3 Å². The number of hydrogen-bond donors (Lipinski definition) is 0. The average molecular weight is 751 g/mol. The summed E-state index contributed by atoms with van der Waals surface area (Å²) in [6, 6.07) is 0. The molecule has 0 saturated carbocycles. The largest absolute Gasteiger partial charge is 0.462 e. The Hall–Kier alpha value is -1.59. The normalized spacial score (nSPS) is 12.1. The molecule has 0 aliphatic carbocycles. The summed E-state index contributed by atoms with van der Waals surface area (Å²) in [6.45, 7) is 11.3. The zero-order chi connectivity index (χ0) is 39.0. The molecule has 0 bridgehead atoms. The third kappa shape index (κ3) is 41.4. The highest BCUT2D eigenvalue weighted by Gasteiger charge is 2.19. The lowest BCUT2D eigenvalue weighted by molar-refractivity contribution is -0.167. The Kier molecular flexibility index (Phi) is 38.9. The Morgan fingerprint density at radius 1 is 0.358 bits per heavy atom. The molecule has 0 spiro atoms. The summed E-state index contributed by atoms with van der Waals surface area (Å²) in [5.41, 5.74) is 0. The van der Waals surface area contributed by atoms with Crippen molar-refractivity contribution in [2.45, 2.75) is 259 Å². The van der Waals surface area contributed by atoms with Gasteiger partial charge in [0.05, 0.1) is 0 Å². The van der Waals surface area contributed by atoms with Gasteiger partial charge in [-0.3, -0.25) is 14.4 Å². The van der Waals surface area contributed by atoms with Gasteiger partial charge in [-0.1, -0.05) is 214 Å². The zero-order valence-electron chi connectivity index (χ0n) is 36.1. The number of rotatable bonds is 41. The first-order chi connectivity index (χ1) is 25.7. The zero-order valence-corrected chi connectivity index (χ0v) is 36.1. The van der Waals surface area contributed by atoms with Crippen LogP contribution in [0, 0.1) is 11.8 Å². The lowest BCUT2D eigenvalue weighted by Gasteiger charge is -2.18. The van der Waals surface area contributed by atoms with Crippen LogP contribution in [0.25, 0.3) is 0 Å². The molecule has 0 saturated heterocycles. The van der Waals surface area contributed by atoms with Crippen molar-refractivity contribution in [3.05, 3.63) is 0 Å². The number of ether oxygens (including phenoxy) is 3. The van der Waals surface area contributed by atoms with Gasteiger partial charge in [0.2, 0.25) is 0 Å². The molecule has 0 aliphatic heterocycles. The molecule has 314 valence electrons. The van der Waals surface area contributed by atoms with Gasteiger partial charge in [-0.2, -0.15) is 0 Å². The van der Waals surface area contributed by atoms with Crippen molar-refractivity contribution in [2.24, 2.45) is 11.8 Å². The second-order valence-corrected chi connectivity index (χ2v) is 17.0. The van der Waals surface area contributed by atoms with Crippen LogP contribution in [0.15, 0.2) is 0 Å². The molecule has 0 N–H and O–H groups in total. The smallest absolute Gasteiger partial charge is 0.306 e. The van der Waals surface area contributed by atoms with Crippen molar-refractivity contribution in [3.63, 3.8) is 0 Å². The summed E-state index contributed by atoms with van der Waals surface area (Å²) in [7, 11) is 0. The quantitative estimate of drug-likeness (QED) is 0.0352. The summed E-state index contributed by atoms with van der Waals surface area (Å²) in [5, 5.41) is 0. The molecular weight excluding hydrogens is 661 g/mol. The monoisotopic (exact) mass is 751 g/mol. The third-order valence-electron chi connectivity index (χ3n) is 10.5. The number of carbonyl (C=O) groups is 3. The first-order valence-electron chi connectivity index (χ1n) is 23.2. The van der Waals surface area contributed by atoms with E-state index in [-0.39, 0.29) is 31.1 Å². The highest BCUT2D eigenvalue weighted by Crippen LogP contribution is 2.16. The van der Waals surface area contributed by atoms with Crippen molar-refractivity contribution in [3.8, 4) is 0 Å². The van der Waals surface area contributed by atoms with Crippen LogP contribution < -0.4 is 0 Å². The molecular formula is C47H90O6. The molecule has 0 aliphatic rings. The van der Waals surface area contributed by atoms with Gasteiger partial charge < -0.3 is 14.2 Å². The Morgan fingerprint density at radius 2 is 0.623 bits per heavy atom. The summed E-state index contributed by atoms with van der Waals surface area (Å²) in [6.07, 6.45) is 38.0. The fraction of sp³-hybridized carbons (Fsp3) is 0.936. The topological polar surface area (TPSA) is 78.9 Å². The number of hydrogen-bond acceptors (Lipinski definition) is 6. The molecule has 0 aromatic rings. The van der Waals surface area contributed by atoms with E-state index in [9.17, 15) is 14.4 Å². The Morgan fingerprint density at radius 3 is 0.925 bits per heavy atom. The van der Waals surface area contributed by atoms with Crippen LogP contribution in [0.3, 0.4) is 0 Å². The van der Waals surface area contributed by atoms with Gasteiger partial charge in [-0.15, -0.1) is 0 Å². The molecule has 6 nitrogen and oxygen atoms in total. The van der Waals surface area contributed by atoms with Crippen LogP contribution in [-0.4, -0.2) is 37.2 Å². The van der Waals surface area contributed by atoms with Gasteiger partial charge in [0.25, 0.3) is 0 Å². The van der Waals surface area contributed by atoms with E-state index in [1.54, 1.807) is 0 Å². The maximum atomic E-state index is 12.7. The molecule has 53 heavy (non-hydrogen) atoms. The van der Waals surface area contributed by atoms with Gasteiger partial charge in [0.15, 0.2) is 6.10 Å². The molecule has 0 amide bonds. The molecule has 0 heterocycles. The first kappa shape index (κ1) is 51.4. The minimum atomic E-state index is -0.760. The Labute approximate surface area is 329 Å². The van der Waals surface area contributed by atoms with Crippen molar-refractivity contribution >= 4 is 17.9 Å². The second kappa shape index (κ2) is 40.1. The Balaban J connectivity index is 4.31. The van der Waals surface area contributed by atoms with Crippen LogP contribution >= 0.6 is 0 Å². The minimum absolute atomic E-state index is 0.0650. The molecule has 0 aromatic carbocycles. The van der Waals surface area contributed by atoms with E-state index in [0.717, 1.165) is 69.6 Å². The van der Waals surface area contributed by atoms with E-state index < -0.39 is 6.10 Å². The summed E-state index contributed by atoms with van der Waals surface area (Å²) in [4.78, 5) is 37.7. The molecule has 6 heteroatoms. The van der Waals surface area contributed by atoms with Crippen molar-refractivity contribution in [1.29, 1.82) is 0 Å². The van der Waals surface area contributed by atoms with E-state index >= 15 is 0 Å². The van der Waals surface area contributed by atoms with Crippen molar-refractivity contribution in [2.75, 3.05) is 13.2 Å². The van der Waals surface area contributed by atoms with Gasteiger partial charge in [0.1, 0.15) is 13.2 Å². The second-order valence-electron chi connectivity index (χ2n) is 17.0. The van der Waals surface area contributed by atoms with Crippen molar-refractivity contribution < 1.29 is 28.6 Å². The van der Waals surface area contributed by atoms with E-state index in [2.05, 4.69) is 34.6 Å². The number of esters is 3. The third-order valence-corrected chi connectivity index (χ3v) is 10.5. The first-order valence-corrected chi connectivity index (χ1v) is 23.2. The lowest BCUT2D eigenvalue weighted by atomic mass is 10.0. The van der Waals surface area contributed by atoms with Crippen LogP contribution in [0.5, 0.6) is 0 Å². The fourth-order valence-corrected chi connectivity index (χ4v) is 6.93. The van der Waals surface area contributed by atoms with Crippen molar-refractivity contribution in [1.82, 2.24) is 0 Å². The molecule has 0 fully saturated rings. The highest BCUT2D eigenvalue weighted by atomic mass is 16.6. The number of carbonyl (C=O) groups excluding carboxylic acids is 3. The van der Waals surface area contributed by atoms with Gasteiger partial charge in [-0.05, 0) is 31.1 Å². The van der Waals surface area contributed by atoms with Crippen LogP contribution in [0.4, 0.5) is 0 Å². The average Bonchev–Trinajstić information content (AvgIpc) is 3.12. The molecule has 0 aromatic heterocycles. The predicted molar refractivity (Wildman–Crippen MR) is 224 cm³/mol. The van der Waals surface area contributed by atoms with E-state index in [1.165, 1.54) is 141 Å². The molecule has 1 atom stereocenters. The molecule has 0 rings (SSSR count).